The van der Waals surface area contributed by atoms with Crippen LogP contribution in [-0.4, -0.2) is 19.5 Å². The van der Waals surface area contributed by atoms with Crippen molar-refractivity contribution in [3.8, 4) is 73.2 Å². The van der Waals surface area contributed by atoms with Crippen molar-refractivity contribution in [2.24, 2.45) is 0 Å². The minimum Gasteiger partial charge on any atom is -0.455 e. The van der Waals surface area contributed by atoms with Gasteiger partial charge in [-0.05, 0) is 81.9 Å². The molecule has 0 atom stereocenters. The van der Waals surface area contributed by atoms with E-state index in [1.165, 1.54) is 21.9 Å². The molecule has 14 rings (SSSR count). The summed E-state index contributed by atoms with van der Waals surface area (Å²) in [7, 11) is 0. The van der Waals surface area contributed by atoms with Crippen molar-refractivity contribution >= 4 is 65.7 Å². The minimum absolute atomic E-state index is 0.541. The maximum Gasteiger partial charge on any atom is 0.167 e. The standard InChI is InChI=1S/C63H38N4O2/c1-4-15-39(16-5-1)41-29-31-43(32-30-41)62-64-61(42-19-8-3-9-20-42)65-63(66-62)50-25-12-24-49-58-46(22-14-28-57(58)69-59(49)50)45-34-36-56-52(38-45)48-23-13-27-55(60(48)68-56)67-53-26-11-10-21-47(53)51-37-44(33-35-54(51)67)40-17-6-2-7-18-40/h1-38H. The highest BCUT2D eigenvalue weighted by atomic mass is 16.3. The number of nitrogens with zero attached hydrogens (tertiary/aromatic N) is 4. The first-order valence-electron chi connectivity index (χ1n) is 23.2. The Morgan fingerprint density at radius 3 is 1.59 bits per heavy atom. The zero-order valence-electron chi connectivity index (χ0n) is 37.0. The van der Waals surface area contributed by atoms with Gasteiger partial charge in [-0.15, -0.1) is 0 Å². The molecule has 0 radical (unpaired) electrons. The van der Waals surface area contributed by atoms with Crippen LogP contribution in [0.4, 0.5) is 0 Å². The number of hydrogen-bond acceptors (Lipinski definition) is 5. The summed E-state index contributed by atoms with van der Waals surface area (Å²) in [6.45, 7) is 0. The molecule has 4 aromatic heterocycles. The van der Waals surface area contributed by atoms with Crippen molar-refractivity contribution in [3.63, 3.8) is 0 Å². The number of furan rings is 2. The molecule has 14 aromatic rings. The lowest BCUT2D eigenvalue weighted by atomic mass is 9.97. The van der Waals surface area contributed by atoms with Crippen LogP contribution < -0.4 is 0 Å². The van der Waals surface area contributed by atoms with Crippen molar-refractivity contribution in [3.05, 3.63) is 231 Å². The lowest BCUT2D eigenvalue weighted by Gasteiger charge is -2.09. The zero-order valence-corrected chi connectivity index (χ0v) is 37.0. The van der Waals surface area contributed by atoms with Crippen LogP contribution in [0, 0.1) is 0 Å². The minimum atomic E-state index is 0.541. The summed E-state index contributed by atoms with van der Waals surface area (Å²) < 4.78 is 16.0. The molecular weight excluding hydrogens is 845 g/mol. The summed E-state index contributed by atoms with van der Waals surface area (Å²) in [6.07, 6.45) is 0. The molecule has 0 bridgehead atoms. The largest absolute Gasteiger partial charge is 0.455 e. The van der Waals surface area contributed by atoms with Gasteiger partial charge in [-0.3, -0.25) is 0 Å². The number of rotatable bonds is 7. The van der Waals surface area contributed by atoms with Gasteiger partial charge in [-0.2, -0.15) is 0 Å². The van der Waals surface area contributed by atoms with Gasteiger partial charge in [-0.1, -0.05) is 182 Å². The van der Waals surface area contributed by atoms with Crippen LogP contribution in [0.5, 0.6) is 0 Å². The normalized spacial score (nSPS) is 11.8. The van der Waals surface area contributed by atoms with Crippen molar-refractivity contribution in [2.75, 3.05) is 0 Å². The fourth-order valence-electron chi connectivity index (χ4n) is 10.2. The number of fused-ring (bicyclic) bond motifs is 9. The van der Waals surface area contributed by atoms with Gasteiger partial charge in [0.15, 0.2) is 23.1 Å². The van der Waals surface area contributed by atoms with Gasteiger partial charge >= 0.3 is 0 Å². The molecule has 0 aliphatic carbocycles. The third kappa shape index (κ3) is 6.38. The van der Waals surface area contributed by atoms with Gasteiger partial charge in [0.25, 0.3) is 0 Å². The fraction of sp³-hybridized carbons (Fsp3) is 0. The molecule has 0 aliphatic rings. The van der Waals surface area contributed by atoms with Gasteiger partial charge in [0.2, 0.25) is 0 Å². The van der Waals surface area contributed by atoms with E-state index in [1.807, 2.05) is 48.5 Å². The predicted octanol–water partition coefficient (Wildman–Crippen LogP) is 16.8. The van der Waals surface area contributed by atoms with Gasteiger partial charge in [0.1, 0.15) is 16.7 Å². The third-order valence-electron chi connectivity index (χ3n) is 13.5. The molecule has 0 fully saturated rings. The Hall–Kier alpha value is -9.39. The first-order chi connectivity index (χ1) is 34.2. The smallest absolute Gasteiger partial charge is 0.167 e. The molecule has 0 aliphatic heterocycles. The molecule has 69 heavy (non-hydrogen) atoms. The molecule has 0 N–H and O–H groups in total. The molecule has 0 spiro atoms. The topological polar surface area (TPSA) is 69.9 Å². The number of benzene rings is 10. The quantitative estimate of drug-likeness (QED) is 0.159. The molecule has 6 heteroatoms. The van der Waals surface area contributed by atoms with E-state index in [1.54, 1.807) is 0 Å². The molecular formula is C63H38N4O2. The first-order valence-corrected chi connectivity index (χ1v) is 23.2. The molecule has 4 heterocycles. The lowest BCUT2D eigenvalue weighted by molar-refractivity contribution is 0.666. The highest BCUT2D eigenvalue weighted by Crippen LogP contribution is 2.44. The van der Waals surface area contributed by atoms with Gasteiger partial charge < -0.3 is 13.4 Å². The SMILES string of the molecule is c1ccc(-c2ccc(-c3nc(-c4ccccc4)nc(-c4cccc5c4oc4cccc(-c6ccc7oc8c(-n9c%10ccccc%10c%10cc(-c%11ccccc%11)ccc%109)cccc8c7c6)c45)n3)cc2)cc1. The number of aromatic nitrogens is 4. The summed E-state index contributed by atoms with van der Waals surface area (Å²) >= 11 is 0. The Balaban J connectivity index is 0.893. The summed E-state index contributed by atoms with van der Waals surface area (Å²) in [5.74, 6) is 1.72. The second-order valence-corrected chi connectivity index (χ2v) is 17.5. The molecule has 0 unspecified atom stereocenters. The van der Waals surface area contributed by atoms with Crippen molar-refractivity contribution in [2.45, 2.75) is 0 Å². The fourth-order valence-corrected chi connectivity index (χ4v) is 10.2. The van der Waals surface area contributed by atoms with E-state index in [2.05, 4.69) is 187 Å². The number of hydrogen-bond donors (Lipinski definition) is 0. The van der Waals surface area contributed by atoms with Gasteiger partial charge in [0, 0.05) is 43.4 Å². The Morgan fingerprint density at radius 1 is 0.290 bits per heavy atom. The first kappa shape index (κ1) is 38.8. The average molecular weight is 883 g/mol. The average Bonchev–Trinajstić information content (AvgIpc) is 4.11. The second kappa shape index (κ2) is 15.6. The van der Waals surface area contributed by atoms with Gasteiger partial charge in [0.05, 0.1) is 22.3 Å². The van der Waals surface area contributed by atoms with Crippen molar-refractivity contribution in [1.29, 1.82) is 0 Å². The van der Waals surface area contributed by atoms with Crippen LogP contribution in [-0.2, 0) is 0 Å². The van der Waals surface area contributed by atoms with Crippen LogP contribution in [0.15, 0.2) is 239 Å². The van der Waals surface area contributed by atoms with Crippen LogP contribution in [0.25, 0.3) is 139 Å². The molecule has 0 saturated heterocycles. The van der Waals surface area contributed by atoms with E-state index in [4.69, 9.17) is 23.8 Å². The number of para-hydroxylation sites is 3. The van der Waals surface area contributed by atoms with Crippen LogP contribution in [0.3, 0.4) is 0 Å². The van der Waals surface area contributed by atoms with Crippen LogP contribution in [0.1, 0.15) is 0 Å². The summed E-state index contributed by atoms with van der Waals surface area (Å²) in [4.78, 5) is 15.3. The van der Waals surface area contributed by atoms with E-state index >= 15 is 0 Å². The summed E-state index contributed by atoms with van der Waals surface area (Å²) in [5.41, 5.74) is 15.8. The molecule has 322 valence electrons. The van der Waals surface area contributed by atoms with E-state index in [0.29, 0.717) is 17.5 Å². The third-order valence-corrected chi connectivity index (χ3v) is 13.5. The highest BCUT2D eigenvalue weighted by molar-refractivity contribution is 6.17. The maximum absolute atomic E-state index is 6.85. The van der Waals surface area contributed by atoms with Gasteiger partial charge in [-0.25, -0.2) is 15.0 Å². The molecule has 0 saturated carbocycles. The molecule has 10 aromatic carbocycles. The monoisotopic (exact) mass is 882 g/mol. The van der Waals surface area contributed by atoms with E-state index in [0.717, 1.165) is 99.5 Å². The zero-order chi connectivity index (χ0) is 45.4. The molecule has 6 nitrogen and oxygen atoms in total. The van der Waals surface area contributed by atoms with E-state index < -0.39 is 0 Å². The van der Waals surface area contributed by atoms with E-state index in [-0.39, 0.29) is 0 Å². The Bertz CT molecular complexity index is 4290. The van der Waals surface area contributed by atoms with E-state index in [9.17, 15) is 0 Å². The van der Waals surface area contributed by atoms with Crippen LogP contribution in [0.2, 0.25) is 0 Å². The Kier molecular flexibility index (Phi) is 8.79. The Labute approximate surface area is 396 Å². The second-order valence-electron chi connectivity index (χ2n) is 17.5. The maximum atomic E-state index is 6.85. The lowest BCUT2D eigenvalue weighted by Crippen LogP contribution is -2.00. The molecule has 0 amide bonds. The summed E-state index contributed by atoms with van der Waals surface area (Å²) in [5, 5.41) is 6.51. The predicted molar refractivity (Wildman–Crippen MR) is 281 cm³/mol. The Morgan fingerprint density at radius 2 is 0.812 bits per heavy atom. The summed E-state index contributed by atoms with van der Waals surface area (Å²) in [6, 6.07) is 80.3. The van der Waals surface area contributed by atoms with Crippen molar-refractivity contribution in [1.82, 2.24) is 19.5 Å². The highest BCUT2D eigenvalue weighted by Gasteiger charge is 2.22. The van der Waals surface area contributed by atoms with Crippen LogP contribution >= 0.6 is 0 Å². The van der Waals surface area contributed by atoms with Crippen molar-refractivity contribution < 1.29 is 8.83 Å².